The van der Waals surface area contributed by atoms with Crippen LogP contribution in [0.5, 0.6) is 0 Å². The van der Waals surface area contributed by atoms with E-state index in [1.54, 1.807) is 0 Å². The van der Waals surface area contributed by atoms with Crippen molar-refractivity contribution in [3.63, 3.8) is 0 Å². The predicted octanol–water partition coefficient (Wildman–Crippen LogP) is 1.61. The molecule has 100 valence electrons. The maximum absolute atomic E-state index is 12.0. The molecule has 0 aromatic rings. The zero-order chi connectivity index (χ0) is 13.0. The summed E-state index contributed by atoms with van der Waals surface area (Å²) in [6.07, 6.45) is 7.96. The molecular formula is C14H20O4. The summed E-state index contributed by atoms with van der Waals surface area (Å²) in [5, 5.41) is 9.82. The second-order valence-electron chi connectivity index (χ2n) is 5.23. The van der Waals surface area contributed by atoms with Crippen molar-refractivity contribution in [2.45, 2.75) is 50.7 Å². The van der Waals surface area contributed by atoms with Gasteiger partial charge in [0.15, 0.2) is 0 Å². The van der Waals surface area contributed by atoms with Crippen LogP contribution in [0, 0.1) is 11.8 Å². The standard InChI is InChI=1S/C14H20O4/c15-9-10-6-7-12(16)13(8-10)18-14(17)11-4-2-1-3-5-11/h1-2,9-13,16H,3-8H2. The van der Waals surface area contributed by atoms with Crippen molar-refractivity contribution >= 4 is 12.3 Å². The van der Waals surface area contributed by atoms with Gasteiger partial charge in [0.1, 0.15) is 12.4 Å². The second-order valence-corrected chi connectivity index (χ2v) is 5.23. The van der Waals surface area contributed by atoms with Crippen LogP contribution in [0.4, 0.5) is 0 Å². The van der Waals surface area contributed by atoms with E-state index in [1.807, 2.05) is 6.08 Å². The van der Waals surface area contributed by atoms with Crippen LogP contribution in [0.25, 0.3) is 0 Å². The molecule has 2 aliphatic rings. The fourth-order valence-electron chi connectivity index (χ4n) is 2.65. The van der Waals surface area contributed by atoms with Crippen LogP contribution in [0.1, 0.15) is 38.5 Å². The molecule has 0 spiro atoms. The number of carbonyl (C=O) groups excluding carboxylic acids is 2. The highest BCUT2D eigenvalue weighted by Crippen LogP contribution is 2.28. The Hall–Kier alpha value is -1.16. The smallest absolute Gasteiger partial charge is 0.309 e. The van der Waals surface area contributed by atoms with E-state index in [4.69, 9.17) is 4.74 Å². The van der Waals surface area contributed by atoms with E-state index >= 15 is 0 Å². The molecule has 4 heteroatoms. The number of aliphatic hydroxyl groups excluding tert-OH is 1. The second kappa shape index (κ2) is 6.14. The van der Waals surface area contributed by atoms with E-state index in [2.05, 4.69) is 6.08 Å². The van der Waals surface area contributed by atoms with Gasteiger partial charge in [0.05, 0.1) is 12.0 Å². The highest BCUT2D eigenvalue weighted by Gasteiger charge is 2.33. The van der Waals surface area contributed by atoms with E-state index in [0.29, 0.717) is 19.3 Å². The zero-order valence-corrected chi connectivity index (χ0v) is 10.5. The molecule has 0 radical (unpaired) electrons. The molecule has 0 bridgehead atoms. The number of hydrogen-bond donors (Lipinski definition) is 1. The van der Waals surface area contributed by atoms with Crippen LogP contribution in [0.2, 0.25) is 0 Å². The quantitative estimate of drug-likeness (QED) is 0.471. The molecule has 1 saturated carbocycles. The van der Waals surface area contributed by atoms with Crippen molar-refractivity contribution in [3.8, 4) is 0 Å². The topological polar surface area (TPSA) is 63.6 Å². The lowest BCUT2D eigenvalue weighted by molar-refractivity contribution is -0.164. The molecule has 18 heavy (non-hydrogen) atoms. The average Bonchev–Trinajstić information content (AvgIpc) is 2.42. The maximum atomic E-state index is 12.0. The zero-order valence-electron chi connectivity index (χ0n) is 10.5. The Morgan fingerprint density at radius 1 is 1.28 bits per heavy atom. The lowest BCUT2D eigenvalue weighted by atomic mass is 9.86. The number of esters is 1. The van der Waals surface area contributed by atoms with Gasteiger partial charge in [0.2, 0.25) is 0 Å². The summed E-state index contributed by atoms with van der Waals surface area (Å²) in [5.41, 5.74) is 0. The minimum absolute atomic E-state index is 0.0844. The number of ether oxygens (including phenoxy) is 1. The van der Waals surface area contributed by atoms with Crippen molar-refractivity contribution in [1.82, 2.24) is 0 Å². The number of aliphatic hydroxyl groups is 1. The van der Waals surface area contributed by atoms with Gasteiger partial charge in [0.25, 0.3) is 0 Å². The lowest BCUT2D eigenvalue weighted by Crippen LogP contribution is -2.39. The molecule has 4 unspecified atom stereocenters. The molecule has 1 fully saturated rings. The van der Waals surface area contributed by atoms with Crippen LogP contribution < -0.4 is 0 Å². The van der Waals surface area contributed by atoms with Crippen molar-refractivity contribution in [2.24, 2.45) is 11.8 Å². The Bertz CT molecular complexity index is 337. The summed E-state index contributed by atoms with van der Waals surface area (Å²) in [6, 6.07) is 0. The number of rotatable bonds is 3. The molecule has 0 aromatic heterocycles. The van der Waals surface area contributed by atoms with Crippen LogP contribution in [-0.2, 0) is 14.3 Å². The van der Waals surface area contributed by atoms with Gasteiger partial charge < -0.3 is 14.6 Å². The first kappa shape index (κ1) is 13.3. The van der Waals surface area contributed by atoms with Gasteiger partial charge in [-0.15, -0.1) is 0 Å². The van der Waals surface area contributed by atoms with E-state index in [0.717, 1.165) is 25.5 Å². The van der Waals surface area contributed by atoms with Crippen LogP contribution >= 0.6 is 0 Å². The highest BCUT2D eigenvalue weighted by atomic mass is 16.6. The largest absolute Gasteiger partial charge is 0.459 e. The van der Waals surface area contributed by atoms with Gasteiger partial charge in [-0.25, -0.2) is 0 Å². The van der Waals surface area contributed by atoms with Gasteiger partial charge in [-0.1, -0.05) is 12.2 Å². The van der Waals surface area contributed by atoms with Crippen molar-refractivity contribution in [3.05, 3.63) is 12.2 Å². The molecule has 1 N–H and O–H groups in total. The van der Waals surface area contributed by atoms with E-state index in [1.165, 1.54) is 0 Å². The highest BCUT2D eigenvalue weighted by molar-refractivity contribution is 5.73. The van der Waals surface area contributed by atoms with Crippen molar-refractivity contribution in [2.75, 3.05) is 0 Å². The van der Waals surface area contributed by atoms with Gasteiger partial charge >= 0.3 is 5.97 Å². The fraction of sp³-hybridized carbons (Fsp3) is 0.714. The van der Waals surface area contributed by atoms with E-state index in [9.17, 15) is 14.7 Å². The molecule has 2 aliphatic carbocycles. The Labute approximate surface area is 107 Å². The van der Waals surface area contributed by atoms with Gasteiger partial charge in [-0.05, 0) is 38.5 Å². The molecule has 0 aliphatic heterocycles. The third-order valence-corrected chi connectivity index (χ3v) is 3.86. The molecule has 4 nitrogen and oxygen atoms in total. The molecule has 0 saturated heterocycles. The summed E-state index contributed by atoms with van der Waals surface area (Å²) in [5.74, 6) is -0.397. The Balaban J connectivity index is 1.88. The molecule has 2 rings (SSSR count). The summed E-state index contributed by atoms with van der Waals surface area (Å²) in [6.45, 7) is 0. The third kappa shape index (κ3) is 3.19. The van der Waals surface area contributed by atoms with E-state index < -0.39 is 12.2 Å². The third-order valence-electron chi connectivity index (χ3n) is 3.86. The van der Waals surface area contributed by atoms with Crippen LogP contribution in [0.3, 0.4) is 0 Å². The average molecular weight is 252 g/mol. The Kier molecular flexibility index (Phi) is 4.53. The number of allylic oxidation sites excluding steroid dienone is 2. The molecule has 4 atom stereocenters. The minimum atomic E-state index is -0.621. The summed E-state index contributed by atoms with van der Waals surface area (Å²) in [7, 11) is 0. The summed E-state index contributed by atoms with van der Waals surface area (Å²) < 4.78 is 5.39. The van der Waals surface area contributed by atoms with Gasteiger partial charge in [-0.3, -0.25) is 4.79 Å². The normalized spacial score (nSPS) is 36.1. The minimum Gasteiger partial charge on any atom is -0.459 e. The van der Waals surface area contributed by atoms with Crippen LogP contribution in [0.15, 0.2) is 12.2 Å². The Morgan fingerprint density at radius 3 is 2.78 bits per heavy atom. The summed E-state index contributed by atoms with van der Waals surface area (Å²) >= 11 is 0. The lowest BCUT2D eigenvalue weighted by Gasteiger charge is -2.31. The first-order chi connectivity index (χ1) is 8.70. The predicted molar refractivity (Wildman–Crippen MR) is 65.8 cm³/mol. The Morgan fingerprint density at radius 2 is 2.11 bits per heavy atom. The fourth-order valence-corrected chi connectivity index (χ4v) is 2.65. The summed E-state index contributed by atoms with van der Waals surface area (Å²) in [4.78, 5) is 22.7. The number of carbonyl (C=O) groups is 2. The van der Waals surface area contributed by atoms with Gasteiger partial charge in [-0.2, -0.15) is 0 Å². The maximum Gasteiger partial charge on any atom is 0.309 e. The van der Waals surface area contributed by atoms with Gasteiger partial charge in [0, 0.05) is 5.92 Å². The first-order valence-corrected chi connectivity index (χ1v) is 6.69. The van der Waals surface area contributed by atoms with Crippen LogP contribution in [-0.4, -0.2) is 29.6 Å². The molecular weight excluding hydrogens is 232 g/mol. The van der Waals surface area contributed by atoms with Crippen molar-refractivity contribution in [1.29, 1.82) is 0 Å². The number of aldehydes is 1. The molecule has 0 aromatic carbocycles. The molecule has 0 amide bonds. The number of hydrogen-bond acceptors (Lipinski definition) is 4. The monoisotopic (exact) mass is 252 g/mol. The molecule has 0 heterocycles. The van der Waals surface area contributed by atoms with E-state index in [-0.39, 0.29) is 17.8 Å². The first-order valence-electron chi connectivity index (χ1n) is 6.69. The van der Waals surface area contributed by atoms with Crippen molar-refractivity contribution < 1.29 is 19.4 Å². The SMILES string of the molecule is O=CC1CCC(O)C(OC(=O)C2CC=CCC2)C1.